The molecule has 2 aromatic rings. The van der Waals surface area contributed by atoms with Crippen LogP contribution in [-0.2, 0) is 9.53 Å². The minimum Gasteiger partial charge on any atom is -0.497 e. The Morgan fingerprint density at radius 2 is 2.09 bits per heavy atom. The first kappa shape index (κ1) is 17.2. The molecule has 1 heterocycles. The van der Waals surface area contributed by atoms with E-state index in [-0.39, 0.29) is 11.7 Å². The van der Waals surface area contributed by atoms with Crippen molar-refractivity contribution >= 4 is 17.7 Å². The topological polar surface area (TPSA) is 91.2 Å². The van der Waals surface area contributed by atoms with Gasteiger partial charge in [-0.1, -0.05) is 11.8 Å². The zero-order chi connectivity index (χ0) is 16.5. The van der Waals surface area contributed by atoms with E-state index >= 15 is 0 Å². The van der Waals surface area contributed by atoms with Crippen molar-refractivity contribution in [2.24, 2.45) is 0 Å². The second kappa shape index (κ2) is 9.11. The van der Waals surface area contributed by atoms with E-state index in [9.17, 15) is 4.79 Å². The molecule has 0 bridgehead atoms. The van der Waals surface area contributed by atoms with Crippen molar-refractivity contribution in [2.75, 3.05) is 33.1 Å². The minimum atomic E-state index is -0.0598. The van der Waals surface area contributed by atoms with E-state index < -0.39 is 0 Å². The molecule has 2 rings (SSSR count). The molecule has 0 aliphatic heterocycles. The van der Waals surface area contributed by atoms with Crippen molar-refractivity contribution in [1.29, 1.82) is 0 Å². The number of methoxy groups -OCH3 is 2. The number of tetrazole rings is 1. The van der Waals surface area contributed by atoms with Gasteiger partial charge in [0, 0.05) is 20.3 Å². The van der Waals surface area contributed by atoms with Gasteiger partial charge in [0.05, 0.1) is 18.6 Å². The molecule has 9 heteroatoms. The number of thioether (sulfide) groups is 1. The summed E-state index contributed by atoms with van der Waals surface area (Å²) in [6.45, 7) is 1.22. The Morgan fingerprint density at radius 1 is 1.30 bits per heavy atom. The van der Waals surface area contributed by atoms with Crippen molar-refractivity contribution in [3.8, 4) is 11.4 Å². The standard InChI is InChI=1S/C14H19N5O3S/c1-21-9-3-8-15-13(20)10-23-14-16-17-18-19(14)11-4-6-12(22-2)7-5-11/h4-7H,3,8-10H2,1-2H3,(H,15,20). The number of carbonyl (C=O) groups excluding carboxylic acids is 1. The Bertz CT molecular complexity index is 617. The summed E-state index contributed by atoms with van der Waals surface area (Å²) in [6.07, 6.45) is 0.788. The van der Waals surface area contributed by atoms with E-state index in [0.717, 1.165) is 17.9 Å². The molecule has 1 amide bonds. The highest BCUT2D eigenvalue weighted by Gasteiger charge is 2.11. The van der Waals surface area contributed by atoms with Gasteiger partial charge in [-0.05, 0) is 41.1 Å². The molecule has 124 valence electrons. The first-order valence-corrected chi connectivity index (χ1v) is 8.04. The van der Waals surface area contributed by atoms with Crippen LogP contribution in [0.1, 0.15) is 6.42 Å². The average Bonchev–Trinajstić information content (AvgIpc) is 3.05. The van der Waals surface area contributed by atoms with Crippen LogP contribution in [-0.4, -0.2) is 59.2 Å². The molecule has 1 aromatic carbocycles. The molecule has 1 N–H and O–H groups in total. The van der Waals surface area contributed by atoms with Crippen molar-refractivity contribution in [1.82, 2.24) is 25.5 Å². The summed E-state index contributed by atoms with van der Waals surface area (Å²) < 4.78 is 11.6. The third kappa shape index (κ3) is 5.22. The fourth-order valence-electron chi connectivity index (χ4n) is 1.78. The van der Waals surface area contributed by atoms with Gasteiger partial charge in [0.15, 0.2) is 0 Å². The molecule has 0 unspecified atom stereocenters. The van der Waals surface area contributed by atoms with Gasteiger partial charge in [-0.25, -0.2) is 0 Å². The van der Waals surface area contributed by atoms with Crippen LogP contribution >= 0.6 is 11.8 Å². The Balaban J connectivity index is 1.89. The largest absolute Gasteiger partial charge is 0.497 e. The highest BCUT2D eigenvalue weighted by molar-refractivity contribution is 7.99. The molecule has 0 saturated heterocycles. The summed E-state index contributed by atoms with van der Waals surface area (Å²) in [5.41, 5.74) is 0.804. The molecule has 1 aromatic heterocycles. The van der Waals surface area contributed by atoms with Gasteiger partial charge in [0.1, 0.15) is 5.75 Å². The van der Waals surface area contributed by atoms with Crippen LogP contribution in [0.5, 0.6) is 5.75 Å². The lowest BCUT2D eigenvalue weighted by Crippen LogP contribution is -2.26. The van der Waals surface area contributed by atoms with E-state index in [1.54, 1.807) is 18.9 Å². The van der Waals surface area contributed by atoms with Crippen molar-refractivity contribution in [3.05, 3.63) is 24.3 Å². The SMILES string of the molecule is COCCCNC(=O)CSc1nnnn1-c1ccc(OC)cc1. The first-order chi connectivity index (χ1) is 11.2. The predicted molar refractivity (Wildman–Crippen MR) is 85.9 cm³/mol. The van der Waals surface area contributed by atoms with Gasteiger partial charge >= 0.3 is 0 Å². The van der Waals surface area contributed by atoms with Crippen LogP contribution in [0.4, 0.5) is 0 Å². The molecular formula is C14H19N5O3S. The van der Waals surface area contributed by atoms with Gasteiger partial charge in [-0.15, -0.1) is 5.10 Å². The zero-order valence-corrected chi connectivity index (χ0v) is 13.9. The molecule has 0 saturated carbocycles. The highest BCUT2D eigenvalue weighted by atomic mass is 32.2. The van der Waals surface area contributed by atoms with E-state index in [1.807, 2.05) is 24.3 Å². The fraction of sp³-hybridized carbons (Fsp3) is 0.429. The van der Waals surface area contributed by atoms with Crippen LogP contribution in [0.15, 0.2) is 29.4 Å². The Kier molecular flexibility index (Phi) is 6.82. The third-order valence-corrected chi connectivity index (χ3v) is 3.86. The van der Waals surface area contributed by atoms with Crippen LogP contribution < -0.4 is 10.1 Å². The number of hydrogen-bond donors (Lipinski definition) is 1. The van der Waals surface area contributed by atoms with E-state index in [4.69, 9.17) is 9.47 Å². The third-order valence-electron chi connectivity index (χ3n) is 2.94. The monoisotopic (exact) mass is 337 g/mol. The highest BCUT2D eigenvalue weighted by Crippen LogP contribution is 2.20. The number of rotatable bonds is 9. The smallest absolute Gasteiger partial charge is 0.230 e. The molecule has 0 spiro atoms. The lowest BCUT2D eigenvalue weighted by molar-refractivity contribution is -0.118. The Morgan fingerprint density at radius 3 is 2.78 bits per heavy atom. The number of nitrogens with zero attached hydrogens (tertiary/aromatic N) is 4. The Labute approximate surface area is 138 Å². The van der Waals surface area contributed by atoms with Crippen LogP contribution in [0.2, 0.25) is 0 Å². The predicted octanol–water partition coefficient (Wildman–Crippen LogP) is 0.916. The van der Waals surface area contributed by atoms with E-state index in [2.05, 4.69) is 20.8 Å². The molecule has 0 radical (unpaired) electrons. The van der Waals surface area contributed by atoms with Crippen molar-refractivity contribution < 1.29 is 14.3 Å². The first-order valence-electron chi connectivity index (χ1n) is 7.06. The summed E-state index contributed by atoms with van der Waals surface area (Å²) in [7, 11) is 3.25. The lowest BCUT2D eigenvalue weighted by atomic mass is 10.3. The van der Waals surface area contributed by atoms with Crippen LogP contribution in [0.25, 0.3) is 5.69 Å². The van der Waals surface area contributed by atoms with E-state index in [1.165, 1.54) is 11.8 Å². The summed E-state index contributed by atoms with van der Waals surface area (Å²) in [5.74, 6) is 0.950. The molecule has 0 fully saturated rings. The van der Waals surface area contributed by atoms with Gasteiger partial charge in [-0.2, -0.15) is 4.68 Å². The second-order valence-corrected chi connectivity index (χ2v) is 5.50. The fourth-order valence-corrected chi connectivity index (χ4v) is 2.50. The number of aromatic nitrogens is 4. The Hall–Kier alpha value is -2.13. The summed E-state index contributed by atoms with van der Waals surface area (Å²) >= 11 is 1.28. The normalized spacial score (nSPS) is 10.5. The molecule has 23 heavy (non-hydrogen) atoms. The average molecular weight is 337 g/mol. The van der Waals surface area contributed by atoms with Crippen LogP contribution in [0, 0.1) is 0 Å². The van der Waals surface area contributed by atoms with Gasteiger partial charge in [0.2, 0.25) is 11.1 Å². The number of nitrogens with one attached hydrogen (secondary N) is 1. The van der Waals surface area contributed by atoms with Gasteiger partial charge < -0.3 is 14.8 Å². The number of benzene rings is 1. The van der Waals surface area contributed by atoms with Crippen LogP contribution in [0.3, 0.4) is 0 Å². The number of hydrogen-bond acceptors (Lipinski definition) is 7. The van der Waals surface area contributed by atoms with Gasteiger partial charge in [-0.3, -0.25) is 4.79 Å². The maximum Gasteiger partial charge on any atom is 0.230 e. The van der Waals surface area contributed by atoms with Gasteiger partial charge in [0.25, 0.3) is 0 Å². The van der Waals surface area contributed by atoms with Crippen molar-refractivity contribution in [2.45, 2.75) is 11.6 Å². The number of carbonyl (C=O) groups is 1. The molecule has 8 nitrogen and oxygen atoms in total. The zero-order valence-electron chi connectivity index (χ0n) is 13.1. The molecular weight excluding hydrogens is 318 g/mol. The number of amides is 1. The van der Waals surface area contributed by atoms with Crippen molar-refractivity contribution in [3.63, 3.8) is 0 Å². The molecule has 0 aliphatic rings. The molecule has 0 aliphatic carbocycles. The maximum absolute atomic E-state index is 11.8. The summed E-state index contributed by atoms with van der Waals surface area (Å²) in [5, 5.41) is 14.9. The maximum atomic E-state index is 11.8. The number of ether oxygens (including phenoxy) is 2. The summed E-state index contributed by atoms with van der Waals surface area (Å²) in [6, 6.07) is 7.36. The summed E-state index contributed by atoms with van der Waals surface area (Å²) in [4.78, 5) is 11.8. The quantitative estimate of drug-likeness (QED) is 0.537. The molecule has 0 atom stereocenters. The lowest BCUT2D eigenvalue weighted by Gasteiger charge is -2.06. The second-order valence-electron chi connectivity index (χ2n) is 4.56. The minimum absolute atomic E-state index is 0.0598. The van der Waals surface area contributed by atoms with E-state index in [0.29, 0.717) is 18.3 Å².